The molecule has 0 saturated carbocycles. The molecule has 0 atom stereocenters. The molecule has 1 amide bonds. The van der Waals surface area contributed by atoms with Gasteiger partial charge in [0.25, 0.3) is 0 Å². The second-order valence-electron chi connectivity index (χ2n) is 4.69. The molecule has 0 bridgehead atoms. The number of carbonyl (C=O) groups is 1. The number of rotatable bonds is 3. The van der Waals surface area contributed by atoms with E-state index < -0.39 is 0 Å². The van der Waals surface area contributed by atoms with Crippen LogP contribution in [-0.4, -0.2) is 28.9 Å². The van der Waals surface area contributed by atoms with E-state index in [0.717, 1.165) is 36.6 Å². The van der Waals surface area contributed by atoms with Crippen molar-refractivity contribution >= 4 is 28.8 Å². The standard InChI is InChI=1S/C13H19ClN2OS/c14-9-11-10-18-12(15-11)8-13(17)16-6-4-2-1-3-5-7-16/h10H,1-9H2. The molecular formula is C13H19ClN2OS. The van der Waals surface area contributed by atoms with Crippen molar-refractivity contribution in [3.8, 4) is 0 Å². The van der Waals surface area contributed by atoms with Crippen LogP contribution in [0, 0.1) is 0 Å². The minimum atomic E-state index is 0.215. The molecule has 0 unspecified atom stereocenters. The van der Waals surface area contributed by atoms with Gasteiger partial charge in [0.05, 0.1) is 18.0 Å². The summed E-state index contributed by atoms with van der Waals surface area (Å²) < 4.78 is 0. The van der Waals surface area contributed by atoms with Gasteiger partial charge in [0.1, 0.15) is 5.01 Å². The molecule has 5 heteroatoms. The monoisotopic (exact) mass is 286 g/mol. The molecule has 2 heterocycles. The van der Waals surface area contributed by atoms with Crippen LogP contribution >= 0.6 is 22.9 Å². The summed E-state index contributed by atoms with van der Waals surface area (Å²) in [7, 11) is 0. The highest BCUT2D eigenvalue weighted by atomic mass is 35.5. The van der Waals surface area contributed by atoms with E-state index in [2.05, 4.69) is 4.98 Å². The zero-order valence-electron chi connectivity index (χ0n) is 10.5. The van der Waals surface area contributed by atoms with Crippen molar-refractivity contribution in [2.75, 3.05) is 13.1 Å². The topological polar surface area (TPSA) is 33.2 Å². The second kappa shape index (κ2) is 7.10. The first-order chi connectivity index (χ1) is 8.79. The van der Waals surface area contributed by atoms with Gasteiger partial charge in [-0.2, -0.15) is 0 Å². The molecule has 1 saturated heterocycles. The molecule has 1 aromatic rings. The van der Waals surface area contributed by atoms with Gasteiger partial charge in [-0.05, 0) is 12.8 Å². The molecule has 1 fully saturated rings. The zero-order chi connectivity index (χ0) is 12.8. The number of likely N-dealkylation sites (tertiary alicyclic amines) is 1. The molecular weight excluding hydrogens is 268 g/mol. The van der Waals surface area contributed by atoms with Crippen LogP contribution < -0.4 is 0 Å². The normalized spacial score (nSPS) is 17.3. The molecule has 0 aromatic carbocycles. The highest BCUT2D eigenvalue weighted by molar-refractivity contribution is 7.09. The van der Waals surface area contributed by atoms with Crippen molar-refractivity contribution in [2.24, 2.45) is 0 Å². The first-order valence-corrected chi connectivity index (χ1v) is 7.98. The van der Waals surface area contributed by atoms with E-state index in [4.69, 9.17) is 11.6 Å². The molecule has 2 rings (SSSR count). The lowest BCUT2D eigenvalue weighted by Crippen LogP contribution is -2.34. The fourth-order valence-corrected chi connectivity index (χ4v) is 3.24. The Bertz CT molecular complexity index is 386. The molecule has 1 aromatic heterocycles. The number of thiazole rings is 1. The van der Waals surface area contributed by atoms with Crippen LogP contribution in [0.3, 0.4) is 0 Å². The van der Waals surface area contributed by atoms with E-state index in [9.17, 15) is 4.79 Å². The van der Waals surface area contributed by atoms with Crippen molar-refractivity contribution in [2.45, 2.75) is 44.4 Å². The fourth-order valence-electron chi connectivity index (χ4n) is 2.23. The van der Waals surface area contributed by atoms with Gasteiger partial charge in [0, 0.05) is 18.5 Å². The van der Waals surface area contributed by atoms with E-state index in [0.29, 0.717) is 12.3 Å². The predicted molar refractivity (Wildman–Crippen MR) is 75.0 cm³/mol. The van der Waals surface area contributed by atoms with Crippen LogP contribution in [0.25, 0.3) is 0 Å². The summed E-state index contributed by atoms with van der Waals surface area (Å²) in [6, 6.07) is 0. The maximum absolute atomic E-state index is 12.2. The average molecular weight is 287 g/mol. The highest BCUT2D eigenvalue weighted by Gasteiger charge is 2.16. The van der Waals surface area contributed by atoms with E-state index in [-0.39, 0.29) is 5.91 Å². The maximum Gasteiger partial charge on any atom is 0.229 e. The van der Waals surface area contributed by atoms with Gasteiger partial charge in [-0.25, -0.2) is 4.98 Å². The first kappa shape index (κ1) is 13.8. The number of carbonyl (C=O) groups excluding carboxylic acids is 1. The summed E-state index contributed by atoms with van der Waals surface area (Å²) in [6.07, 6.45) is 6.51. The molecule has 1 aliphatic rings. The highest BCUT2D eigenvalue weighted by Crippen LogP contribution is 2.15. The van der Waals surface area contributed by atoms with Gasteiger partial charge < -0.3 is 4.90 Å². The Kier molecular flexibility index (Phi) is 5.45. The maximum atomic E-state index is 12.2. The Hall–Kier alpha value is -0.610. The van der Waals surface area contributed by atoms with E-state index in [1.54, 1.807) is 0 Å². The molecule has 18 heavy (non-hydrogen) atoms. The summed E-state index contributed by atoms with van der Waals surface area (Å²) in [5, 5.41) is 2.82. The zero-order valence-corrected chi connectivity index (χ0v) is 12.1. The first-order valence-electron chi connectivity index (χ1n) is 6.56. The Balaban J connectivity index is 1.89. The van der Waals surface area contributed by atoms with E-state index >= 15 is 0 Å². The number of amides is 1. The van der Waals surface area contributed by atoms with Crippen LogP contribution in [0.4, 0.5) is 0 Å². The fraction of sp³-hybridized carbons (Fsp3) is 0.692. The van der Waals surface area contributed by atoms with Crippen molar-refractivity contribution < 1.29 is 4.79 Å². The lowest BCUT2D eigenvalue weighted by Gasteiger charge is -2.24. The Morgan fingerprint density at radius 3 is 2.56 bits per heavy atom. The molecule has 0 aliphatic carbocycles. The predicted octanol–water partition coefficient (Wildman–Crippen LogP) is 3.22. The van der Waals surface area contributed by atoms with Crippen LogP contribution in [0.2, 0.25) is 0 Å². The molecule has 0 N–H and O–H groups in total. The van der Waals surface area contributed by atoms with Crippen LogP contribution in [-0.2, 0) is 17.1 Å². The number of hydrogen-bond donors (Lipinski definition) is 0. The average Bonchev–Trinajstić information content (AvgIpc) is 2.76. The molecule has 1 aliphatic heterocycles. The summed E-state index contributed by atoms with van der Waals surface area (Å²) in [5.41, 5.74) is 0.872. The number of halogens is 1. The van der Waals surface area contributed by atoms with Gasteiger partial charge in [0.15, 0.2) is 0 Å². The van der Waals surface area contributed by atoms with Crippen LogP contribution in [0.15, 0.2) is 5.38 Å². The van der Waals surface area contributed by atoms with Crippen molar-refractivity contribution in [3.05, 3.63) is 16.1 Å². The van der Waals surface area contributed by atoms with Crippen molar-refractivity contribution in [1.29, 1.82) is 0 Å². The summed E-state index contributed by atoms with van der Waals surface area (Å²) >= 11 is 7.25. The Morgan fingerprint density at radius 2 is 1.94 bits per heavy atom. The molecule has 0 radical (unpaired) electrons. The number of hydrogen-bond acceptors (Lipinski definition) is 3. The van der Waals surface area contributed by atoms with Crippen LogP contribution in [0.1, 0.15) is 42.8 Å². The van der Waals surface area contributed by atoms with E-state index in [1.807, 2.05) is 10.3 Å². The lowest BCUT2D eigenvalue weighted by atomic mass is 10.1. The largest absolute Gasteiger partial charge is 0.342 e. The van der Waals surface area contributed by atoms with Gasteiger partial charge in [-0.3, -0.25) is 4.79 Å². The number of alkyl halides is 1. The SMILES string of the molecule is O=C(Cc1nc(CCl)cs1)N1CCCCCCC1. The number of nitrogens with zero attached hydrogens (tertiary/aromatic N) is 2. The number of aromatic nitrogens is 1. The molecule has 100 valence electrons. The Morgan fingerprint density at radius 1 is 1.28 bits per heavy atom. The summed E-state index contributed by atoms with van der Waals surface area (Å²) in [5.74, 6) is 0.640. The van der Waals surface area contributed by atoms with Crippen molar-refractivity contribution in [1.82, 2.24) is 9.88 Å². The summed E-state index contributed by atoms with van der Waals surface area (Å²) in [6.45, 7) is 1.82. The van der Waals surface area contributed by atoms with Gasteiger partial charge in [-0.15, -0.1) is 22.9 Å². The molecule has 0 spiro atoms. The Labute approximate surface area is 117 Å². The van der Waals surface area contributed by atoms with Gasteiger partial charge >= 0.3 is 0 Å². The molecule has 3 nitrogen and oxygen atoms in total. The summed E-state index contributed by atoms with van der Waals surface area (Å²) in [4.78, 5) is 18.5. The third kappa shape index (κ3) is 3.95. The lowest BCUT2D eigenvalue weighted by molar-refractivity contribution is -0.130. The minimum absolute atomic E-state index is 0.215. The van der Waals surface area contributed by atoms with Gasteiger partial charge in [-0.1, -0.05) is 19.3 Å². The second-order valence-corrected chi connectivity index (χ2v) is 5.90. The smallest absolute Gasteiger partial charge is 0.229 e. The third-order valence-electron chi connectivity index (χ3n) is 3.25. The third-order valence-corrected chi connectivity index (χ3v) is 4.42. The van der Waals surface area contributed by atoms with Crippen molar-refractivity contribution in [3.63, 3.8) is 0 Å². The minimum Gasteiger partial charge on any atom is -0.342 e. The van der Waals surface area contributed by atoms with E-state index in [1.165, 1.54) is 30.6 Å². The van der Waals surface area contributed by atoms with Crippen LogP contribution in [0.5, 0.6) is 0 Å². The quantitative estimate of drug-likeness (QED) is 0.800. The van der Waals surface area contributed by atoms with Gasteiger partial charge in [0.2, 0.25) is 5.91 Å².